The first-order chi connectivity index (χ1) is 32.7. The fourth-order valence-electron chi connectivity index (χ4n) is 11.7. The first kappa shape index (κ1) is 38.5. The van der Waals surface area contributed by atoms with Gasteiger partial charge in [0.1, 0.15) is 12.0 Å². The SMILES string of the molecule is CC1CC=CC2=C1c1ccccc1C21c2ccccc2-c2c1c1cc(-c3cccc(N(c4ccccc4)c4ccccc4)c3)ccc1n2C1=CC(C2C=CC=CC2)=NC(c2ccccc2)N1. The van der Waals surface area contributed by atoms with Crippen LogP contribution in [-0.4, -0.2) is 10.3 Å². The average Bonchev–Trinajstić information content (AvgIpc) is 4.00. The van der Waals surface area contributed by atoms with E-state index in [4.69, 9.17) is 4.99 Å². The van der Waals surface area contributed by atoms with Gasteiger partial charge in [-0.2, -0.15) is 0 Å². The number of hydrogen-bond acceptors (Lipinski definition) is 3. The number of fused-ring (bicyclic) bond motifs is 11. The highest BCUT2D eigenvalue weighted by atomic mass is 15.2. The number of anilines is 3. The van der Waals surface area contributed by atoms with Crippen LogP contribution < -0.4 is 10.2 Å². The molecule has 0 amide bonds. The van der Waals surface area contributed by atoms with Gasteiger partial charge in [0.2, 0.25) is 0 Å². The highest BCUT2D eigenvalue weighted by Crippen LogP contribution is 2.66. The van der Waals surface area contributed by atoms with Crippen molar-refractivity contribution in [2.24, 2.45) is 16.8 Å². The van der Waals surface area contributed by atoms with Gasteiger partial charge in [-0.05, 0) is 112 Å². The summed E-state index contributed by atoms with van der Waals surface area (Å²) in [5, 5.41) is 5.27. The highest BCUT2D eigenvalue weighted by Gasteiger charge is 2.55. The monoisotopic (exact) mass is 848 g/mol. The molecule has 316 valence electrons. The number of allylic oxidation sites excluding steroid dienone is 9. The third-order valence-electron chi connectivity index (χ3n) is 14.5. The molecule has 1 aromatic heterocycles. The molecule has 4 heteroatoms. The van der Waals surface area contributed by atoms with Crippen molar-refractivity contribution in [1.82, 2.24) is 9.88 Å². The summed E-state index contributed by atoms with van der Waals surface area (Å²) in [5.41, 5.74) is 19.5. The predicted octanol–water partition coefficient (Wildman–Crippen LogP) is 15.1. The van der Waals surface area contributed by atoms with Gasteiger partial charge in [-0.15, -0.1) is 0 Å². The molecular weight excluding hydrogens is 801 g/mol. The highest BCUT2D eigenvalue weighted by molar-refractivity contribution is 6.09. The van der Waals surface area contributed by atoms with E-state index in [1.54, 1.807) is 0 Å². The molecule has 1 aliphatic heterocycles. The summed E-state index contributed by atoms with van der Waals surface area (Å²) < 4.78 is 2.55. The fourth-order valence-corrected chi connectivity index (χ4v) is 11.7. The second kappa shape index (κ2) is 15.4. The minimum Gasteiger partial charge on any atom is -0.346 e. The number of hydrogen-bond donors (Lipinski definition) is 1. The van der Waals surface area contributed by atoms with Crippen molar-refractivity contribution in [2.75, 3.05) is 4.90 Å². The first-order valence-electron chi connectivity index (χ1n) is 23.4. The van der Waals surface area contributed by atoms with Gasteiger partial charge in [-0.3, -0.25) is 9.56 Å². The molecule has 0 radical (unpaired) electrons. The lowest BCUT2D eigenvalue weighted by atomic mass is 9.68. The summed E-state index contributed by atoms with van der Waals surface area (Å²) in [7, 11) is 0. The molecule has 66 heavy (non-hydrogen) atoms. The van der Waals surface area contributed by atoms with E-state index in [1.807, 2.05) is 0 Å². The number of aromatic nitrogens is 1. The van der Waals surface area contributed by atoms with Gasteiger partial charge >= 0.3 is 0 Å². The molecule has 2 heterocycles. The maximum absolute atomic E-state index is 5.45. The number of nitrogens with zero attached hydrogens (tertiary/aromatic N) is 3. The normalized spacial score (nSPS) is 21.0. The van der Waals surface area contributed by atoms with Crippen LogP contribution in [0.3, 0.4) is 0 Å². The van der Waals surface area contributed by atoms with E-state index in [9.17, 15) is 0 Å². The Bertz CT molecular complexity index is 3380. The van der Waals surface area contributed by atoms with Gasteiger partial charge in [0.25, 0.3) is 0 Å². The molecule has 4 atom stereocenters. The third-order valence-corrected chi connectivity index (χ3v) is 14.5. The van der Waals surface area contributed by atoms with Crippen LogP contribution in [0.4, 0.5) is 17.1 Å². The van der Waals surface area contributed by atoms with Crippen LogP contribution in [0.5, 0.6) is 0 Å². The molecule has 0 saturated heterocycles. The van der Waals surface area contributed by atoms with Crippen molar-refractivity contribution in [3.8, 4) is 22.4 Å². The molecule has 1 spiro atoms. The van der Waals surface area contributed by atoms with Crippen LogP contribution in [0.2, 0.25) is 0 Å². The third kappa shape index (κ3) is 5.81. The quantitative estimate of drug-likeness (QED) is 0.173. The number of para-hydroxylation sites is 2. The van der Waals surface area contributed by atoms with Gasteiger partial charge in [-0.25, -0.2) is 0 Å². The molecule has 8 aromatic rings. The fraction of sp³-hybridized carbons (Fsp3) is 0.113. The lowest BCUT2D eigenvalue weighted by Gasteiger charge is -2.32. The summed E-state index contributed by atoms with van der Waals surface area (Å²) in [4.78, 5) is 7.80. The summed E-state index contributed by atoms with van der Waals surface area (Å²) in [6.45, 7) is 2.41. The predicted molar refractivity (Wildman–Crippen MR) is 274 cm³/mol. The molecule has 4 nitrogen and oxygen atoms in total. The van der Waals surface area contributed by atoms with Gasteiger partial charge < -0.3 is 10.2 Å². The Morgan fingerprint density at radius 3 is 2.03 bits per heavy atom. The largest absolute Gasteiger partial charge is 0.346 e. The summed E-state index contributed by atoms with van der Waals surface area (Å²) in [6.07, 6.45) is 17.8. The average molecular weight is 849 g/mol. The van der Waals surface area contributed by atoms with Gasteiger partial charge in [0.05, 0.1) is 16.6 Å². The maximum Gasteiger partial charge on any atom is 0.146 e. The molecular formula is C62H48N4. The topological polar surface area (TPSA) is 32.6 Å². The number of rotatable bonds is 7. The van der Waals surface area contributed by atoms with Crippen molar-refractivity contribution in [2.45, 2.75) is 31.3 Å². The molecule has 0 saturated carbocycles. The van der Waals surface area contributed by atoms with E-state index in [0.717, 1.165) is 47.0 Å². The number of benzene rings is 7. The smallest absolute Gasteiger partial charge is 0.146 e. The standard InChI is InChI=1S/C62H48N4/c1-41-20-18-35-54-58(41)49-31-14-16-33-52(49)62(54)53-34-17-15-32-50(53)60-59(62)51-39-45(44-25-19-30-48(38-44)65(46-26-10-4-11-27-46)47-28-12-5-13-29-47)36-37-56(51)66(60)57-40-55(42-21-6-2-7-22-42)63-61(64-57)43-23-8-3-9-24-43/h2-19,21,23-42,61,64H,20,22H2,1H3. The molecule has 7 aromatic carbocycles. The Morgan fingerprint density at radius 2 is 1.29 bits per heavy atom. The van der Waals surface area contributed by atoms with E-state index in [1.165, 1.54) is 66.7 Å². The lowest BCUT2D eigenvalue weighted by Crippen LogP contribution is -2.30. The summed E-state index contributed by atoms with van der Waals surface area (Å²) in [5.74, 6) is 1.62. The Kier molecular flexibility index (Phi) is 8.96. The number of nitrogens with one attached hydrogen (secondary N) is 1. The van der Waals surface area contributed by atoms with Gasteiger partial charge in [0.15, 0.2) is 0 Å². The van der Waals surface area contributed by atoms with Gasteiger partial charge in [0, 0.05) is 51.3 Å². The van der Waals surface area contributed by atoms with Crippen LogP contribution in [0, 0.1) is 11.8 Å². The van der Waals surface area contributed by atoms with E-state index in [0.29, 0.717) is 5.92 Å². The zero-order chi connectivity index (χ0) is 43.8. The Hall–Kier alpha value is -7.95. The zero-order valence-corrected chi connectivity index (χ0v) is 36.8. The van der Waals surface area contributed by atoms with E-state index in [-0.39, 0.29) is 12.1 Å². The van der Waals surface area contributed by atoms with Crippen molar-refractivity contribution in [1.29, 1.82) is 0 Å². The van der Waals surface area contributed by atoms with Crippen molar-refractivity contribution in [3.63, 3.8) is 0 Å². The maximum atomic E-state index is 5.45. The van der Waals surface area contributed by atoms with Crippen LogP contribution in [0.25, 0.3) is 44.7 Å². The molecule has 5 aliphatic rings. The second-order valence-electron chi connectivity index (χ2n) is 18.3. The molecule has 4 aliphatic carbocycles. The van der Waals surface area contributed by atoms with Gasteiger partial charge in [-0.1, -0.05) is 177 Å². The Labute approximate surface area is 386 Å². The van der Waals surface area contributed by atoms with Crippen LogP contribution in [0.15, 0.2) is 235 Å². The lowest BCUT2D eigenvalue weighted by molar-refractivity contribution is 0.635. The first-order valence-corrected chi connectivity index (χ1v) is 23.4. The molecule has 1 N–H and O–H groups in total. The van der Waals surface area contributed by atoms with Crippen LogP contribution in [-0.2, 0) is 5.41 Å². The minimum atomic E-state index is -0.508. The Balaban J connectivity index is 1.08. The summed E-state index contributed by atoms with van der Waals surface area (Å²) in [6, 6.07) is 66.8. The van der Waals surface area contributed by atoms with Crippen LogP contribution in [0.1, 0.15) is 53.7 Å². The van der Waals surface area contributed by atoms with E-state index in [2.05, 4.69) is 246 Å². The molecule has 0 fully saturated rings. The van der Waals surface area contributed by atoms with Crippen molar-refractivity contribution < 1.29 is 0 Å². The number of aliphatic imine (C=N–C) groups is 1. The summed E-state index contributed by atoms with van der Waals surface area (Å²) >= 11 is 0. The molecule has 13 rings (SSSR count). The molecule has 0 bridgehead atoms. The second-order valence-corrected chi connectivity index (χ2v) is 18.3. The van der Waals surface area contributed by atoms with E-state index < -0.39 is 5.41 Å². The van der Waals surface area contributed by atoms with Crippen molar-refractivity contribution >= 4 is 45.1 Å². The molecule has 4 unspecified atom stereocenters. The minimum absolute atomic E-state index is 0.181. The van der Waals surface area contributed by atoms with E-state index >= 15 is 0 Å². The van der Waals surface area contributed by atoms with Crippen LogP contribution >= 0.6 is 0 Å². The Morgan fingerprint density at radius 1 is 0.621 bits per heavy atom. The zero-order valence-electron chi connectivity index (χ0n) is 36.8. The van der Waals surface area contributed by atoms with Crippen molar-refractivity contribution in [3.05, 3.63) is 258 Å².